The Kier molecular flexibility index (Phi) is 3.85. The van der Waals surface area contributed by atoms with Crippen molar-refractivity contribution < 1.29 is 19.0 Å². The van der Waals surface area contributed by atoms with Crippen LogP contribution in [-0.4, -0.2) is 11.1 Å². The molecular formula is C14H10BrFO3. The second kappa shape index (κ2) is 5.40. The molecule has 0 saturated heterocycles. The quantitative estimate of drug-likeness (QED) is 0.910. The van der Waals surface area contributed by atoms with Crippen molar-refractivity contribution >= 4 is 21.9 Å². The predicted octanol–water partition coefficient (Wildman–Crippen LogP) is 4.39. The highest BCUT2D eigenvalue weighted by atomic mass is 79.9. The minimum absolute atomic E-state index is 0.0465. The Morgan fingerprint density at radius 3 is 2.63 bits per heavy atom. The Bertz CT molecular complexity index is 641. The zero-order valence-corrected chi connectivity index (χ0v) is 11.6. The Morgan fingerprint density at radius 2 is 2.00 bits per heavy atom. The van der Waals surface area contributed by atoms with Gasteiger partial charge in [0, 0.05) is 4.47 Å². The van der Waals surface area contributed by atoms with Crippen LogP contribution in [0.2, 0.25) is 0 Å². The van der Waals surface area contributed by atoms with Crippen LogP contribution < -0.4 is 4.74 Å². The minimum atomic E-state index is -1.08. The van der Waals surface area contributed by atoms with Crippen molar-refractivity contribution in [2.45, 2.75) is 6.92 Å². The topological polar surface area (TPSA) is 46.5 Å². The third-order valence-corrected chi connectivity index (χ3v) is 3.02. The maximum absolute atomic E-state index is 13.2. The van der Waals surface area contributed by atoms with E-state index in [-0.39, 0.29) is 17.1 Å². The van der Waals surface area contributed by atoms with Gasteiger partial charge in [-0.3, -0.25) is 0 Å². The molecule has 98 valence electrons. The highest BCUT2D eigenvalue weighted by molar-refractivity contribution is 9.10. The molecule has 0 aliphatic heterocycles. The van der Waals surface area contributed by atoms with Gasteiger partial charge >= 0.3 is 5.97 Å². The van der Waals surface area contributed by atoms with Crippen LogP contribution in [0.25, 0.3) is 0 Å². The highest BCUT2D eigenvalue weighted by Crippen LogP contribution is 2.29. The Labute approximate surface area is 117 Å². The van der Waals surface area contributed by atoms with Gasteiger partial charge in [0.05, 0.1) is 0 Å². The van der Waals surface area contributed by atoms with Gasteiger partial charge < -0.3 is 9.84 Å². The molecule has 5 heteroatoms. The summed E-state index contributed by atoms with van der Waals surface area (Å²) in [5.41, 5.74) is 0.481. The first-order valence-corrected chi connectivity index (χ1v) is 6.23. The minimum Gasteiger partial charge on any atom is -0.478 e. The van der Waals surface area contributed by atoms with E-state index in [2.05, 4.69) is 15.9 Å². The first-order chi connectivity index (χ1) is 8.97. The monoisotopic (exact) mass is 324 g/mol. The molecular weight excluding hydrogens is 315 g/mol. The van der Waals surface area contributed by atoms with Crippen molar-refractivity contribution in [3.63, 3.8) is 0 Å². The van der Waals surface area contributed by atoms with Crippen molar-refractivity contribution in [3.8, 4) is 11.5 Å². The number of carboxylic acids is 1. The Balaban J connectivity index is 2.39. The van der Waals surface area contributed by atoms with E-state index in [1.807, 2.05) is 0 Å². The van der Waals surface area contributed by atoms with Crippen molar-refractivity contribution in [3.05, 3.63) is 57.8 Å². The van der Waals surface area contributed by atoms with Crippen molar-refractivity contribution in [2.24, 2.45) is 0 Å². The number of benzene rings is 2. The fraction of sp³-hybridized carbons (Fsp3) is 0.0714. The van der Waals surface area contributed by atoms with Crippen LogP contribution in [0.4, 0.5) is 4.39 Å². The maximum atomic E-state index is 13.2. The van der Waals surface area contributed by atoms with Crippen molar-refractivity contribution in [1.82, 2.24) is 0 Å². The fourth-order valence-corrected chi connectivity index (χ4v) is 1.91. The number of hydrogen-bond donors (Lipinski definition) is 1. The van der Waals surface area contributed by atoms with Gasteiger partial charge in [0.25, 0.3) is 0 Å². The van der Waals surface area contributed by atoms with Crippen LogP contribution in [0.3, 0.4) is 0 Å². The van der Waals surface area contributed by atoms with E-state index in [0.29, 0.717) is 15.8 Å². The lowest BCUT2D eigenvalue weighted by molar-refractivity contribution is 0.0694. The number of aromatic carboxylic acids is 1. The summed E-state index contributed by atoms with van der Waals surface area (Å²) in [5, 5.41) is 9.08. The maximum Gasteiger partial charge on any atom is 0.339 e. The first kappa shape index (κ1) is 13.5. The van der Waals surface area contributed by atoms with Crippen LogP contribution in [-0.2, 0) is 0 Å². The zero-order valence-electron chi connectivity index (χ0n) is 9.98. The number of ether oxygens (including phenoxy) is 1. The number of carbonyl (C=O) groups is 1. The number of hydrogen-bond acceptors (Lipinski definition) is 2. The zero-order chi connectivity index (χ0) is 14.0. The van der Waals surface area contributed by atoms with Crippen LogP contribution >= 0.6 is 15.9 Å². The molecule has 0 bridgehead atoms. The normalized spacial score (nSPS) is 10.3. The van der Waals surface area contributed by atoms with Gasteiger partial charge in [-0.25, -0.2) is 9.18 Å². The molecule has 0 saturated carbocycles. The number of aryl methyl sites for hydroxylation is 1. The molecule has 0 aliphatic rings. The lowest BCUT2D eigenvalue weighted by Crippen LogP contribution is -2.00. The second-order valence-corrected chi connectivity index (χ2v) is 4.87. The van der Waals surface area contributed by atoms with E-state index in [1.54, 1.807) is 19.1 Å². The molecule has 0 spiro atoms. The third kappa shape index (κ3) is 3.12. The van der Waals surface area contributed by atoms with Gasteiger partial charge in [-0.15, -0.1) is 0 Å². The van der Waals surface area contributed by atoms with Crippen molar-refractivity contribution in [2.75, 3.05) is 0 Å². The van der Waals surface area contributed by atoms with E-state index in [1.165, 1.54) is 24.3 Å². The SMILES string of the molecule is Cc1cc(Oc2cc(Br)ccc2C(=O)O)ccc1F. The van der Waals surface area contributed by atoms with Gasteiger partial charge in [0.1, 0.15) is 22.9 Å². The van der Waals surface area contributed by atoms with Gasteiger partial charge in [0.15, 0.2) is 0 Å². The first-order valence-electron chi connectivity index (χ1n) is 5.44. The van der Waals surface area contributed by atoms with Gasteiger partial charge in [-0.1, -0.05) is 15.9 Å². The lowest BCUT2D eigenvalue weighted by atomic mass is 10.2. The summed E-state index contributed by atoms with van der Waals surface area (Å²) in [5.74, 6) is -0.825. The number of halogens is 2. The molecule has 0 unspecified atom stereocenters. The molecule has 19 heavy (non-hydrogen) atoms. The van der Waals surface area contributed by atoms with E-state index in [0.717, 1.165) is 0 Å². The summed E-state index contributed by atoms with van der Waals surface area (Å²) in [6.45, 7) is 1.61. The van der Waals surface area contributed by atoms with Crippen LogP contribution in [0.5, 0.6) is 11.5 Å². The van der Waals surface area contributed by atoms with Gasteiger partial charge in [-0.05, 0) is 48.9 Å². The second-order valence-electron chi connectivity index (χ2n) is 3.96. The van der Waals surface area contributed by atoms with Gasteiger partial charge in [0.2, 0.25) is 0 Å². The Hall–Kier alpha value is -1.88. The molecule has 0 amide bonds. The smallest absolute Gasteiger partial charge is 0.339 e. The molecule has 0 aliphatic carbocycles. The van der Waals surface area contributed by atoms with E-state index in [9.17, 15) is 9.18 Å². The molecule has 0 atom stereocenters. The summed E-state index contributed by atoms with van der Waals surface area (Å²) in [4.78, 5) is 11.1. The van der Waals surface area contributed by atoms with Crippen LogP contribution in [0.15, 0.2) is 40.9 Å². The lowest BCUT2D eigenvalue weighted by Gasteiger charge is -2.10. The van der Waals surface area contributed by atoms with Gasteiger partial charge in [-0.2, -0.15) is 0 Å². The summed E-state index contributed by atoms with van der Waals surface area (Å²) in [6.07, 6.45) is 0. The molecule has 2 aromatic rings. The average molecular weight is 325 g/mol. The molecule has 0 aromatic heterocycles. The van der Waals surface area contributed by atoms with Crippen molar-refractivity contribution in [1.29, 1.82) is 0 Å². The Morgan fingerprint density at radius 1 is 1.26 bits per heavy atom. The van der Waals surface area contributed by atoms with Crippen LogP contribution in [0, 0.1) is 12.7 Å². The molecule has 2 rings (SSSR count). The van der Waals surface area contributed by atoms with E-state index >= 15 is 0 Å². The molecule has 1 N–H and O–H groups in total. The number of carboxylic acid groups (broad SMARTS) is 1. The molecule has 0 fully saturated rings. The summed E-state index contributed by atoms with van der Waals surface area (Å²) < 4.78 is 19.4. The highest BCUT2D eigenvalue weighted by Gasteiger charge is 2.13. The predicted molar refractivity (Wildman–Crippen MR) is 72.3 cm³/mol. The number of rotatable bonds is 3. The average Bonchev–Trinajstić information content (AvgIpc) is 2.33. The molecule has 2 aromatic carbocycles. The third-order valence-electron chi connectivity index (χ3n) is 2.53. The standard InChI is InChI=1S/C14H10BrFO3/c1-8-6-10(3-5-12(8)16)19-13-7-9(15)2-4-11(13)14(17)18/h2-7H,1H3,(H,17,18). The molecule has 0 radical (unpaired) electrons. The van der Waals surface area contributed by atoms with E-state index < -0.39 is 5.97 Å². The summed E-state index contributed by atoms with van der Waals surface area (Å²) >= 11 is 3.25. The largest absolute Gasteiger partial charge is 0.478 e. The summed E-state index contributed by atoms with van der Waals surface area (Å²) in [6, 6.07) is 8.87. The molecule has 0 heterocycles. The van der Waals surface area contributed by atoms with Crippen LogP contribution in [0.1, 0.15) is 15.9 Å². The van der Waals surface area contributed by atoms with E-state index in [4.69, 9.17) is 9.84 Å². The summed E-state index contributed by atoms with van der Waals surface area (Å²) in [7, 11) is 0. The molecule has 3 nitrogen and oxygen atoms in total. The fourth-order valence-electron chi connectivity index (χ4n) is 1.56.